The normalized spacial score (nSPS) is 10.4. The van der Waals surface area contributed by atoms with Crippen LogP contribution in [0.2, 0.25) is 0 Å². The molecule has 2 N–H and O–H groups in total. The van der Waals surface area contributed by atoms with Gasteiger partial charge in [-0.2, -0.15) is 0 Å². The molecule has 122 valence electrons. The van der Waals surface area contributed by atoms with E-state index in [1.54, 1.807) is 0 Å². The Morgan fingerprint density at radius 3 is 2.17 bits per heavy atom. The molecule has 0 unspecified atom stereocenters. The number of hydrogen-bond acceptors (Lipinski definition) is 2. The van der Waals surface area contributed by atoms with Crippen LogP contribution in [0.4, 0.5) is 17.1 Å². The predicted octanol–water partition coefficient (Wildman–Crippen LogP) is 6.31. The quantitative estimate of drug-likeness (QED) is 0.499. The molecule has 3 rings (SSSR count). The van der Waals surface area contributed by atoms with Crippen LogP contribution in [-0.2, 0) is 0 Å². The van der Waals surface area contributed by atoms with E-state index in [9.17, 15) is 0 Å². The van der Waals surface area contributed by atoms with Crippen molar-refractivity contribution in [2.24, 2.45) is 0 Å². The fourth-order valence-corrected chi connectivity index (χ4v) is 2.73. The number of nitrogens with one attached hydrogen (secondary N) is 2. The Labute approximate surface area is 144 Å². The monoisotopic (exact) mass is 316 g/mol. The molecule has 0 spiro atoms. The Morgan fingerprint density at radius 1 is 0.750 bits per heavy atom. The summed E-state index contributed by atoms with van der Waals surface area (Å²) < 4.78 is 0. The van der Waals surface area contributed by atoms with Crippen molar-refractivity contribution in [2.45, 2.75) is 19.8 Å². The van der Waals surface area contributed by atoms with Gasteiger partial charge in [0, 0.05) is 29.2 Å². The van der Waals surface area contributed by atoms with Gasteiger partial charge in [0.25, 0.3) is 0 Å². The zero-order chi connectivity index (χ0) is 16.6. The van der Waals surface area contributed by atoms with Gasteiger partial charge in [-0.1, -0.05) is 67.9 Å². The van der Waals surface area contributed by atoms with Crippen molar-refractivity contribution in [3.8, 4) is 11.1 Å². The molecule has 0 atom stereocenters. The molecule has 24 heavy (non-hydrogen) atoms. The number of anilines is 3. The van der Waals surface area contributed by atoms with E-state index >= 15 is 0 Å². The van der Waals surface area contributed by atoms with Gasteiger partial charge in [0.2, 0.25) is 0 Å². The summed E-state index contributed by atoms with van der Waals surface area (Å²) in [6, 6.07) is 27.3. The zero-order valence-electron chi connectivity index (χ0n) is 14.1. The van der Waals surface area contributed by atoms with E-state index in [2.05, 4.69) is 78.2 Å². The molecule has 0 heterocycles. The molecule has 0 aliphatic heterocycles. The minimum Gasteiger partial charge on any atom is -0.384 e. The highest BCUT2D eigenvalue weighted by atomic mass is 14.9. The maximum absolute atomic E-state index is 3.60. The Balaban J connectivity index is 1.88. The van der Waals surface area contributed by atoms with Crippen molar-refractivity contribution in [1.29, 1.82) is 0 Å². The van der Waals surface area contributed by atoms with Crippen LogP contribution < -0.4 is 10.6 Å². The summed E-state index contributed by atoms with van der Waals surface area (Å²) in [5.74, 6) is 0. The lowest BCUT2D eigenvalue weighted by molar-refractivity contribution is 0.834. The van der Waals surface area contributed by atoms with E-state index in [1.807, 2.05) is 18.2 Å². The standard InChI is InChI=1S/C22H24N2/c1-2-3-16-23-22-17-20(24-19-12-8-5-9-13-19)14-15-21(22)18-10-6-4-7-11-18/h4-15,17,23-24H,2-3,16H2,1H3. The maximum Gasteiger partial charge on any atom is 0.0440 e. The topological polar surface area (TPSA) is 24.1 Å². The first-order valence-corrected chi connectivity index (χ1v) is 8.62. The van der Waals surface area contributed by atoms with Gasteiger partial charge in [0.05, 0.1) is 0 Å². The van der Waals surface area contributed by atoms with Crippen LogP contribution in [0.15, 0.2) is 78.9 Å². The van der Waals surface area contributed by atoms with Gasteiger partial charge < -0.3 is 10.6 Å². The van der Waals surface area contributed by atoms with Crippen LogP contribution in [0.1, 0.15) is 19.8 Å². The van der Waals surface area contributed by atoms with Crippen LogP contribution in [0.5, 0.6) is 0 Å². The second-order valence-corrected chi connectivity index (χ2v) is 5.90. The fourth-order valence-electron chi connectivity index (χ4n) is 2.73. The van der Waals surface area contributed by atoms with Gasteiger partial charge >= 0.3 is 0 Å². The number of para-hydroxylation sites is 1. The molecule has 0 fully saturated rings. The Bertz CT molecular complexity index is 751. The highest BCUT2D eigenvalue weighted by Gasteiger charge is 2.06. The first kappa shape index (κ1) is 16.1. The first-order chi connectivity index (χ1) is 11.9. The number of unbranched alkanes of at least 4 members (excludes halogenated alkanes) is 1. The Hall–Kier alpha value is -2.74. The van der Waals surface area contributed by atoms with E-state index in [0.717, 1.165) is 17.9 Å². The zero-order valence-corrected chi connectivity index (χ0v) is 14.1. The Kier molecular flexibility index (Phi) is 5.52. The number of rotatable bonds is 7. The molecule has 0 aliphatic rings. The smallest absolute Gasteiger partial charge is 0.0440 e. The van der Waals surface area contributed by atoms with Gasteiger partial charge in [-0.25, -0.2) is 0 Å². The molecule has 0 aliphatic carbocycles. The van der Waals surface area contributed by atoms with Gasteiger partial charge in [0.1, 0.15) is 0 Å². The summed E-state index contributed by atoms with van der Waals surface area (Å²) in [6.45, 7) is 3.21. The van der Waals surface area contributed by atoms with Crippen molar-refractivity contribution < 1.29 is 0 Å². The second-order valence-electron chi connectivity index (χ2n) is 5.90. The van der Waals surface area contributed by atoms with Crippen LogP contribution in [-0.4, -0.2) is 6.54 Å². The SMILES string of the molecule is CCCCNc1cc(Nc2ccccc2)ccc1-c1ccccc1. The molecule has 0 amide bonds. The van der Waals surface area contributed by atoms with Crippen LogP contribution in [0, 0.1) is 0 Å². The summed E-state index contributed by atoms with van der Waals surface area (Å²) >= 11 is 0. The molecule has 0 radical (unpaired) electrons. The first-order valence-electron chi connectivity index (χ1n) is 8.62. The van der Waals surface area contributed by atoms with Crippen LogP contribution >= 0.6 is 0 Å². The molecule has 0 aromatic heterocycles. The second kappa shape index (κ2) is 8.21. The highest BCUT2D eigenvalue weighted by Crippen LogP contribution is 2.31. The van der Waals surface area contributed by atoms with Crippen LogP contribution in [0.3, 0.4) is 0 Å². The largest absolute Gasteiger partial charge is 0.384 e. The van der Waals surface area contributed by atoms with Crippen molar-refractivity contribution in [1.82, 2.24) is 0 Å². The number of hydrogen-bond donors (Lipinski definition) is 2. The molecule has 3 aromatic rings. The van der Waals surface area contributed by atoms with Crippen molar-refractivity contribution in [3.05, 3.63) is 78.9 Å². The molecule has 3 aromatic carbocycles. The maximum atomic E-state index is 3.60. The molecule has 0 saturated carbocycles. The molecular formula is C22H24N2. The minimum atomic E-state index is 0.991. The molecule has 0 bridgehead atoms. The van der Waals surface area contributed by atoms with Crippen molar-refractivity contribution in [3.63, 3.8) is 0 Å². The van der Waals surface area contributed by atoms with Crippen LogP contribution in [0.25, 0.3) is 11.1 Å². The Morgan fingerprint density at radius 2 is 1.46 bits per heavy atom. The van der Waals surface area contributed by atoms with E-state index in [1.165, 1.54) is 29.7 Å². The van der Waals surface area contributed by atoms with Gasteiger partial charge in [-0.05, 0) is 36.2 Å². The van der Waals surface area contributed by atoms with E-state index in [4.69, 9.17) is 0 Å². The third-order valence-corrected chi connectivity index (χ3v) is 4.01. The average Bonchev–Trinajstić information content (AvgIpc) is 2.64. The van der Waals surface area contributed by atoms with E-state index in [-0.39, 0.29) is 0 Å². The van der Waals surface area contributed by atoms with E-state index < -0.39 is 0 Å². The fraction of sp³-hybridized carbons (Fsp3) is 0.182. The van der Waals surface area contributed by atoms with Crippen molar-refractivity contribution in [2.75, 3.05) is 17.2 Å². The minimum absolute atomic E-state index is 0.991. The average molecular weight is 316 g/mol. The van der Waals surface area contributed by atoms with Crippen molar-refractivity contribution >= 4 is 17.1 Å². The highest BCUT2D eigenvalue weighted by molar-refractivity contribution is 5.81. The predicted molar refractivity (Wildman–Crippen MR) is 105 cm³/mol. The van der Waals surface area contributed by atoms with Gasteiger partial charge in [0.15, 0.2) is 0 Å². The lowest BCUT2D eigenvalue weighted by atomic mass is 10.0. The molecule has 2 heteroatoms. The summed E-state index contributed by atoms with van der Waals surface area (Å²) in [4.78, 5) is 0. The summed E-state index contributed by atoms with van der Waals surface area (Å²) in [7, 11) is 0. The molecule has 2 nitrogen and oxygen atoms in total. The van der Waals surface area contributed by atoms with Gasteiger partial charge in [-0.3, -0.25) is 0 Å². The third-order valence-electron chi connectivity index (χ3n) is 4.01. The summed E-state index contributed by atoms with van der Waals surface area (Å²) in [5.41, 5.74) is 5.85. The number of benzene rings is 3. The van der Waals surface area contributed by atoms with Gasteiger partial charge in [-0.15, -0.1) is 0 Å². The third kappa shape index (κ3) is 4.17. The summed E-state index contributed by atoms with van der Waals surface area (Å²) in [6.07, 6.45) is 2.36. The summed E-state index contributed by atoms with van der Waals surface area (Å²) in [5, 5.41) is 7.07. The lowest BCUT2D eigenvalue weighted by Gasteiger charge is -2.15. The molecule has 0 saturated heterocycles. The van der Waals surface area contributed by atoms with E-state index in [0.29, 0.717) is 0 Å². The lowest BCUT2D eigenvalue weighted by Crippen LogP contribution is -2.03. The molecular weight excluding hydrogens is 292 g/mol.